The van der Waals surface area contributed by atoms with Crippen molar-refractivity contribution in [2.24, 2.45) is 16.5 Å². The fraction of sp³-hybridized carbons (Fsp3) is 0.429. The lowest BCUT2D eigenvalue weighted by Crippen LogP contribution is -2.55. The van der Waals surface area contributed by atoms with Crippen molar-refractivity contribution in [3.8, 4) is 0 Å². The number of rotatable bonds is 21. The number of carbonyl (C=O) groups excluding carboxylic acids is 5. The number of nitrogens with two attached hydrogens (primary N) is 2. The number of sulfonamides is 1. The first-order valence-corrected chi connectivity index (χ1v) is 21.9. The minimum absolute atomic E-state index is 0.00348. The van der Waals surface area contributed by atoms with E-state index in [-0.39, 0.29) is 50.0 Å². The van der Waals surface area contributed by atoms with Crippen LogP contribution in [0.4, 0.5) is 4.79 Å². The molecule has 1 saturated heterocycles. The maximum absolute atomic E-state index is 13.4. The highest BCUT2D eigenvalue weighted by molar-refractivity contribution is 7.90. The van der Waals surface area contributed by atoms with Crippen LogP contribution in [0.5, 0.6) is 0 Å². The van der Waals surface area contributed by atoms with E-state index < -0.39 is 64.0 Å². The third-order valence-corrected chi connectivity index (χ3v) is 11.5. The van der Waals surface area contributed by atoms with Gasteiger partial charge in [0.05, 0.1) is 10.9 Å². The van der Waals surface area contributed by atoms with Crippen LogP contribution in [-0.4, -0.2) is 92.9 Å². The predicted octanol–water partition coefficient (Wildman–Crippen LogP) is 3.17. The number of alkyl carbamates (subject to hydrolysis) is 1. The van der Waals surface area contributed by atoms with Gasteiger partial charge in [-0.05, 0) is 82.6 Å². The maximum atomic E-state index is 13.4. The van der Waals surface area contributed by atoms with Gasteiger partial charge in [-0.3, -0.25) is 19.4 Å². The van der Waals surface area contributed by atoms with Crippen molar-refractivity contribution in [1.29, 1.82) is 0 Å². The molecule has 1 aliphatic rings. The van der Waals surface area contributed by atoms with E-state index in [0.29, 0.717) is 49.2 Å². The average molecular weight is 883 g/mol. The molecular weight excluding hydrogens is 828 g/mol. The van der Waals surface area contributed by atoms with E-state index >= 15 is 0 Å². The Kier molecular flexibility index (Phi) is 18.8. The molecule has 0 radical (unpaired) electrons. The summed E-state index contributed by atoms with van der Waals surface area (Å²) in [5, 5.41) is 8.50. The number of likely N-dealkylation sites (tertiary alicyclic amines) is 1. The molecule has 0 spiro atoms. The molecule has 4 amide bonds. The van der Waals surface area contributed by atoms with Gasteiger partial charge in [-0.25, -0.2) is 22.7 Å². The van der Waals surface area contributed by atoms with Crippen molar-refractivity contribution in [1.82, 2.24) is 25.6 Å². The minimum atomic E-state index is -3.91. The van der Waals surface area contributed by atoms with E-state index in [2.05, 4.69) is 25.7 Å². The Morgan fingerprint density at radius 2 is 1.61 bits per heavy atom. The number of esters is 1. The average Bonchev–Trinajstić information content (AvgIpc) is 3.74. The zero-order valence-electron chi connectivity index (χ0n) is 34.3. The molecule has 0 bridgehead atoms. The van der Waals surface area contributed by atoms with E-state index in [1.807, 2.05) is 25.1 Å². The number of amides is 4. The zero-order chi connectivity index (χ0) is 44.4. The fourth-order valence-electron chi connectivity index (χ4n) is 6.32. The molecule has 3 aromatic rings. The quantitative estimate of drug-likeness (QED) is 0.0392. The topological polar surface area (TPSA) is 254 Å². The number of guanidine groups is 1. The highest BCUT2D eigenvalue weighted by Crippen LogP contribution is 2.20. The summed E-state index contributed by atoms with van der Waals surface area (Å²) in [5.41, 5.74) is 14.3. The molecule has 3 aromatic carbocycles. The summed E-state index contributed by atoms with van der Waals surface area (Å²) in [7, 11) is -3.91. The van der Waals surface area contributed by atoms with Gasteiger partial charge in [0.15, 0.2) is 0 Å². The van der Waals surface area contributed by atoms with Crippen LogP contribution < -0.4 is 32.1 Å². The van der Waals surface area contributed by atoms with Gasteiger partial charge in [0, 0.05) is 30.2 Å². The molecule has 17 nitrogen and oxygen atoms in total. The van der Waals surface area contributed by atoms with Gasteiger partial charge in [-0.1, -0.05) is 77.8 Å². The summed E-state index contributed by atoms with van der Waals surface area (Å²) in [6, 6.07) is 18.3. The van der Waals surface area contributed by atoms with Crippen LogP contribution in [-0.2, 0) is 51.9 Å². The number of halogens is 1. The van der Waals surface area contributed by atoms with Gasteiger partial charge in [-0.2, -0.15) is 0 Å². The third-order valence-electron chi connectivity index (χ3n) is 9.76. The highest BCUT2D eigenvalue weighted by Gasteiger charge is 2.37. The second kappa shape index (κ2) is 23.9. The zero-order valence-corrected chi connectivity index (χ0v) is 35.9. The summed E-state index contributed by atoms with van der Waals surface area (Å²) in [5.74, 6) is -2.60. The predicted molar refractivity (Wildman–Crippen MR) is 229 cm³/mol. The molecule has 0 saturated carbocycles. The standard InChI is InChI=1S/C42H55ClN8O9S/c1-28-19-21-32(22-20-28)61(57,58)50-41(45)46-24-10-16-34(44)39(54)51-25-11-18-36(51)38(53)48-29(2)37(52)49-35(40(55)59-26-30-12-4-3-5-13-30)17-8-9-23-47-42(56)60-27-31-14-6-7-15-33(31)43/h3-7,12-15,19-22,29,34-36H,8-11,16-18,23-27,44H2,1-2H3,(H,47,56)(H,48,53)(H,49,52)(H3,45,46,50)/t29-,34-,35-,36-/m0/s1. The molecule has 1 aliphatic heterocycles. The lowest BCUT2D eigenvalue weighted by atomic mass is 10.1. The van der Waals surface area contributed by atoms with E-state index in [1.54, 1.807) is 48.5 Å². The van der Waals surface area contributed by atoms with Gasteiger partial charge < -0.3 is 41.8 Å². The summed E-state index contributed by atoms with van der Waals surface area (Å²) < 4.78 is 38.1. The van der Waals surface area contributed by atoms with E-state index in [9.17, 15) is 32.4 Å². The van der Waals surface area contributed by atoms with Crippen molar-refractivity contribution in [3.05, 3.63) is 101 Å². The number of carbonyl (C=O) groups is 5. The van der Waals surface area contributed by atoms with Gasteiger partial charge in [0.25, 0.3) is 10.0 Å². The number of ether oxygens (including phenoxy) is 2. The van der Waals surface area contributed by atoms with Gasteiger partial charge in [-0.15, -0.1) is 0 Å². The van der Waals surface area contributed by atoms with Gasteiger partial charge in [0.1, 0.15) is 31.3 Å². The van der Waals surface area contributed by atoms with Gasteiger partial charge >= 0.3 is 12.1 Å². The number of benzene rings is 3. The first kappa shape index (κ1) is 48.0. The molecule has 0 aromatic heterocycles. The summed E-state index contributed by atoms with van der Waals surface area (Å²) in [6.07, 6.45) is 1.83. The van der Waals surface area contributed by atoms with Crippen molar-refractivity contribution in [2.45, 2.75) is 101 Å². The van der Waals surface area contributed by atoms with Crippen LogP contribution in [0.3, 0.4) is 0 Å². The normalized spacial score (nSPS) is 15.5. The summed E-state index contributed by atoms with van der Waals surface area (Å²) in [4.78, 5) is 71.1. The Bertz CT molecular complexity index is 2090. The lowest BCUT2D eigenvalue weighted by Gasteiger charge is -2.28. The lowest BCUT2D eigenvalue weighted by molar-refractivity contribution is -0.149. The largest absolute Gasteiger partial charge is 0.459 e. The smallest absolute Gasteiger partial charge is 0.407 e. The van der Waals surface area contributed by atoms with Crippen molar-refractivity contribution in [2.75, 3.05) is 19.6 Å². The molecule has 8 N–H and O–H groups in total. The molecule has 330 valence electrons. The fourth-order valence-corrected chi connectivity index (χ4v) is 7.46. The first-order chi connectivity index (χ1) is 29.1. The molecule has 0 unspecified atom stereocenters. The number of nitrogens with one attached hydrogen (secondary N) is 4. The van der Waals surface area contributed by atoms with Crippen LogP contribution in [0.25, 0.3) is 0 Å². The Labute approximate surface area is 361 Å². The molecule has 61 heavy (non-hydrogen) atoms. The third kappa shape index (κ3) is 15.7. The van der Waals surface area contributed by atoms with Crippen LogP contribution in [0.15, 0.2) is 88.8 Å². The molecular formula is C42H55ClN8O9S. The van der Waals surface area contributed by atoms with Crippen molar-refractivity contribution >= 4 is 57.4 Å². The van der Waals surface area contributed by atoms with E-state index in [1.165, 1.54) is 24.0 Å². The minimum Gasteiger partial charge on any atom is -0.459 e. The summed E-state index contributed by atoms with van der Waals surface area (Å²) in [6.45, 7) is 3.93. The Balaban J connectivity index is 1.24. The number of unbranched alkanes of at least 4 members (excludes halogenated alkanes) is 1. The molecule has 1 fully saturated rings. The van der Waals surface area contributed by atoms with Crippen LogP contribution in [0, 0.1) is 6.92 Å². The number of nitrogens with zero attached hydrogens (tertiary/aromatic N) is 2. The summed E-state index contributed by atoms with van der Waals surface area (Å²) >= 11 is 6.12. The van der Waals surface area contributed by atoms with E-state index in [4.69, 9.17) is 32.5 Å². The first-order valence-electron chi connectivity index (χ1n) is 20.1. The SMILES string of the molecule is Cc1ccc(S(=O)(=O)NC(N)=NCCC[C@H](N)C(=O)N2CCC[C@H]2C(=O)N[C@@H](C)C(=O)N[C@@H](CCCCNC(=O)OCc2ccccc2Cl)C(=O)OCc2ccccc2)cc1. The molecule has 1 heterocycles. The van der Waals surface area contributed by atoms with Crippen molar-refractivity contribution < 1.29 is 41.9 Å². The number of aliphatic imine (C=N–C) groups is 1. The van der Waals surface area contributed by atoms with Crippen molar-refractivity contribution in [3.63, 3.8) is 0 Å². The van der Waals surface area contributed by atoms with Gasteiger partial charge in [0.2, 0.25) is 23.7 Å². The van der Waals surface area contributed by atoms with Crippen LogP contribution in [0.1, 0.15) is 68.6 Å². The maximum Gasteiger partial charge on any atom is 0.407 e. The van der Waals surface area contributed by atoms with Crippen LogP contribution >= 0.6 is 11.6 Å². The Morgan fingerprint density at radius 1 is 0.902 bits per heavy atom. The molecule has 4 rings (SSSR count). The van der Waals surface area contributed by atoms with Crippen LogP contribution in [0.2, 0.25) is 5.02 Å². The second-order valence-electron chi connectivity index (χ2n) is 14.6. The number of hydrogen-bond acceptors (Lipinski definition) is 11. The number of aryl methyl sites for hydroxylation is 1. The number of hydrogen-bond donors (Lipinski definition) is 6. The second-order valence-corrected chi connectivity index (χ2v) is 16.7. The highest BCUT2D eigenvalue weighted by atomic mass is 35.5. The molecule has 4 atom stereocenters. The Morgan fingerprint density at radius 3 is 2.33 bits per heavy atom. The van der Waals surface area contributed by atoms with E-state index in [0.717, 1.165) is 11.1 Å². The molecule has 19 heteroatoms. The monoisotopic (exact) mass is 882 g/mol. The molecule has 0 aliphatic carbocycles. The Hall–Kier alpha value is -5.72.